The number of rotatable bonds is 7. The second-order valence-corrected chi connectivity index (χ2v) is 6.36. The van der Waals surface area contributed by atoms with Gasteiger partial charge in [-0.05, 0) is 50.6 Å². The van der Waals surface area contributed by atoms with Crippen LogP contribution in [0.15, 0.2) is 18.2 Å². The van der Waals surface area contributed by atoms with Crippen LogP contribution in [0.4, 0.5) is 5.69 Å². The van der Waals surface area contributed by atoms with Crippen LogP contribution in [-0.2, 0) is 4.79 Å². The van der Waals surface area contributed by atoms with Crippen LogP contribution in [0.2, 0.25) is 5.02 Å². The number of nitrogens with one attached hydrogen (secondary N) is 2. The van der Waals surface area contributed by atoms with Gasteiger partial charge in [0.2, 0.25) is 5.91 Å². The highest BCUT2D eigenvalue weighted by Crippen LogP contribution is 2.27. The summed E-state index contributed by atoms with van der Waals surface area (Å²) >= 11 is 6.01. The van der Waals surface area contributed by atoms with E-state index in [1.165, 1.54) is 6.42 Å². The van der Waals surface area contributed by atoms with E-state index in [0.29, 0.717) is 23.9 Å². The van der Waals surface area contributed by atoms with Crippen molar-refractivity contribution < 1.29 is 9.53 Å². The van der Waals surface area contributed by atoms with Crippen LogP contribution in [0, 0.1) is 5.92 Å². The number of piperidine rings is 1. The van der Waals surface area contributed by atoms with Crippen molar-refractivity contribution in [3.05, 3.63) is 23.2 Å². The largest absolute Gasteiger partial charge is 0.495 e. The van der Waals surface area contributed by atoms with Crippen LogP contribution < -0.4 is 15.4 Å². The number of benzene rings is 1. The molecule has 0 bridgehead atoms. The molecular weight excluding hydrogens is 314 g/mol. The van der Waals surface area contributed by atoms with Gasteiger partial charge in [-0.2, -0.15) is 0 Å². The van der Waals surface area contributed by atoms with Crippen LogP contribution in [0.3, 0.4) is 0 Å². The van der Waals surface area contributed by atoms with Gasteiger partial charge in [0.1, 0.15) is 5.75 Å². The Morgan fingerprint density at radius 1 is 1.48 bits per heavy atom. The van der Waals surface area contributed by atoms with Crippen molar-refractivity contribution in [1.29, 1.82) is 0 Å². The molecule has 2 rings (SSSR count). The molecular formula is C17H26ClN3O2. The predicted molar refractivity (Wildman–Crippen MR) is 94.3 cm³/mol. The van der Waals surface area contributed by atoms with E-state index in [2.05, 4.69) is 10.6 Å². The van der Waals surface area contributed by atoms with E-state index in [-0.39, 0.29) is 5.91 Å². The van der Waals surface area contributed by atoms with Gasteiger partial charge in [-0.25, -0.2) is 0 Å². The highest BCUT2D eigenvalue weighted by atomic mass is 35.5. The number of carbonyl (C=O) groups excluding carboxylic acids is 1. The number of hydrogen-bond acceptors (Lipinski definition) is 4. The third kappa shape index (κ3) is 5.29. The average Bonchev–Trinajstić information content (AvgIpc) is 2.55. The fourth-order valence-corrected chi connectivity index (χ4v) is 3.20. The molecule has 2 N–H and O–H groups in total. The van der Waals surface area contributed by atoms with Crippen LogP contribution in [0.1, 0.15) is 19.3 Å². The molecule has 0 saturated carbocycles. The van der Waals surface area contributed by atoms with Crippen molar-refractivity contribution in [2.45, 2.75) is 19.3 Å². The monoisotopic (exact) mass is 339 g/mol. The van der Waals surface area contributed by atoms with Gasteiger partial charge in [-0.15, -0.1) is 0 Å². The molecule has 5 nitrogen and oxygen atoms in total. The molecule has 6 heteroatoms. The SMILES string of the molecule is CNCC1CCCN(C(=O)CCNc2cc(Cl)ccc2OC)C1. The third-order valence-corrected chi connectivity index (χ3v) is 4.42. The molecule has 0 aromatic heterocycles. The van der Waals surface area contributed by atoms with Gasteiger partial charge in [0.05, 0.1) is 12.8 Å². The Balaban J connectivity index is 1.81. The highest BCUT2D eigenvalue weighted by Gasteiger charge is 2.22. The Kier molecular flexibility index (Phi) is 6.99. The molecule has 23 heavy (non-hydrogen) atoms. The molecule has 0 spiro atoms. The zero-order valence-corrected chi connectivity index (χ0v) is 14.7. The van der Waals surface area contributed by atoms with E-state index in [4.69, 9.17) is 16.3 Å². The molecule has 1 aliphatic rings. The maximum absolute atomic E-state index is 12.4. The zero-order chi connectivity index (χ0) is 16.7. The minimum Gasteiger partial charge on any atom is -0.495 e. The molecule has 0 radical (unpaired) electrons. The van der Waals surface area contributed by atoms with E-state index < -0.39 is 0 Å². The summed E-state index contributed by atoms with van der Waals surface area (Å²) in [5.41, 5.74) is 0.819. The number of hydrogen-bond donors (Lipinski definition) is 2. The number of likely N-dealkylation sites (tertiary alicyclic amines) is 1. The Labute approximate surface area is 143 Å². The first-order valence-corrected chi connectivity index (χ1v) is 8.51. The first kappa shape index (κ1) is 17.9. The maximum atomic E-state index is 12.4. The summed E-state index contributed by atoms with van der Waals surface area (Å²) in [6.07, 6.45) is 2.76. The second-order valence-electron chi connectivity index (χ2n) is 5.93. The lowest BCUT2D eigenvalue weighted by Gasteiger charge is -2.32. The summed E-state index contributed by atoms with van der Waals surface area (Å²) in [6.45, 7) is 3.28. The summed E-state index contributed by atoms with van der Waals surface area (Å²) in [4.78, 5) is 14.4. The van der Waals surface area contributed by atoms with Crippen LogP contribution in [-0.4, -0.2) is 51.1 Å². The second kappa shape index (κ2) is 8.99. The van der Waals surface area contributed by atoms with Gasteiger partial charge in [-0.3, -0.25) is 4.79 Å². The zero-order valence-electron chi connectivity index (χ0n) is 13.9. The van der Waals surface area contributed by atoms with Crippen LogP contribution in [0.25, 0.3) is 0 Å². The predicted octanol–water partition coefficient (Wildman–Crippen LogP) is 2.61. The molecule has 128 valence electrons. The minimum absolute atomic E-state index is 0.208. The van der Waals surface area contributed by atoms with Crippen molar-refractivity contribution in [1.82, 2.24) is 10.2 Å². The van der Waals surface area contributed by atoms with Crippen LogP contribution in [0.5, 0.6) is 5.75 Å². The summed E-state index contributed by atoms with van der Waals surface area (Å²) in [5, 5.41) is 7.09. The standard InChI is InChI=1S/C17H26ClN3O2/c1-19-11-13-4-3-9-21(12-13)17(22)7-8-20-15-10-14(18)5-6-16(15)23-2/h5-6,10,13,19-20H,3-4,7-9,11-12H2,1-2H3. The summed E-state index contributed by atoms with van der Waals surface area (Å²) in [6, 6.07) is 5.42. The molecule has 1 fully saturated rings. The van der Waals surface area contributed by atoms with Gasteiger partial charge in [0.15, 0.2) is 0 Å². The fourth-order valence-electron chi connectivity index (χ4n) is 3.03. The van der Waals surface area contributed by atoms with Crippen molar-refractivity contribution in [3.8, 4) is 5.75 Å². The molecule has 1 atom stereocenters. The number of amides is 1. The number of carbonyl (C=O) groups is 1. The fraction of sp³-hybridized carbons (Fsp3) is 0.588. The topological polar surface area (TPSA) is 53.6 Å². The normalized spacial score (nSPS) is 17.9. The van der Waals surface area contributed by atoms with E-state index in [1.54, 1.807) is 13.2 Å². The van der Waals surface area contributed by atoms with E-state index in [0.717, 1.165) is 37.5 Å². The van der Waals surface area contributed by atoms with E-state index >= 15 is 0 Å². The van der Waals surface area contributed by atoms with Crippen molar-refractivity contribution in [3.63, 3.8) is 0 Å². The third-order valence-electron chi connectivity index (χ3n) is 4.18. The average molecular weight is 340 g/mol. The first-order valence-electron chi connectivity index (χ1n) is 8.13. The Hall–Kier alpha value is -1.46. The molecule has 1 heterocycles. The molecule has 1 aliphatic heterocycles. The molecule has 1 saturated heterocycles. The van der Waals surface area contributed by atoms with Crippen molar-refractivity contribution in [2.24, 2.45) is 5.92 Å². The lowest BCUT2D eigenvalue weighted by Crippen LogP contribution is -2.42. The van der Waals surface area contributed by atoms with Crippen LogP contribution >= 0.6 is 11.6 Å². The lowest BCUT2D eigenvalue weighted by molar-refractivity contribution is -0.132. The highest BCUT2D eigenvalue weighted by molar-refractivity contribution is 6.30. The first-order chi connectivity index (χ1) is 11.1. The van der Waals surface area contributed by atoms with E-state index in [9.17, 15) is 4.79 Å². The Morgan fingerprint density at radius 2 is 2.30 bits per heavy atom. The summed E-state index contributed by atoms with van der Waals surface area (Å²) in [5.74, 6) is 1.51. The smallest absolute Gasteiger partial charge is 0.224 e. The number of nitrogens with zero attached hydrogens (tertiary/aromatic N) is 1. The summed E-state index contributed by atoms with van der Waals surface area (Å²) < 4.78 is 5.29. The minimum atomic E-state index is 0.208. The molecule has 0 aliphatic carbocycles. The van der Waals surface area contributed by atoms with Gasteiger partial charge < -0.3 is 20.3 Å². The number of anilines is 1. The van der Waals surface area contributed by atoms with E-state index in [1.807, 2.05) is 24.1 Å². The Bertz CT molecular complexity index is 523. The molecule has 1 unspecified atom stereocenters. The molecule has 1 aromatic carbocycles. The number of methoxy groups -OCH3 is 1. The number of halogens is 1. The van der Waals surface area contributed by atoms with Crippen molar-refractivity contribution >= 4 is 23.2 Å². The summed E-state index contributed by atoms with van der Waals surface area (Å²) in [7, 11) is 3.58. The van der Waals surface area contributed by atoms with Crippen molar-refractivity contribution in [2.75, 3.05) is 45.7 Å². The molecule has 1 amide bonds. The Morgan fingerprint density at radius 3 is 3.04 bits per heavy atom. The quantitative estimate of drug-likeness (QED) is 0.801. The number of ether oxygens (including phenoxy) is 1. The van der Waals surface area contributed by atoms with Gasteiger partial charge in [0, 0.05) is 31.1 Å². The van der Waals surface area contributed by atoms with Gasteiger partial charge in [0.25, 0.3) is 0 Å². The lowest BCUT2D eigenvalue weighted by atomic mass is 9.98. The molecule has 1 aromatic rings. The van der Waals surface area contributed by atoms with Gasteiger partial charge in [-0.1, -0.05) is 11.6 Å². The van der Waals surface area contributed by atoms with Gasteiger partial charge >= 0.3 is 0 Å². The maximum Gasteiger partial charge on any atom is 0.224 e.